The molecule has 1 heterocycles. The van der Waals surface area contributed by atoms with Gasteiger partial charge in [0.05, 0.1) is 0 Å². The Hall–Kier alpha value is -1.54. The van der Waals surface area contributed by atoms with Crippen molar-refractivity contribution in [1.29, 1.82) is 0 Å². The Labute approximate surface area is 116 Å². The third-order valence-corrected chi connectivity index (χ3v) is 4.06. The van der Waals surface area contributed by atoms with Gasteiger partial charge in [0.1, 0.15) is 0 Å². The molecule has 2 heteroatoms. The van der Waals surface area contributed by atoms with Gasteiger partial charge >= 0.3 is 0 Å². The molecule has 1 aromatic carbocycles. The van der Waals surface area contributed by atoms with Crippen molar-refractivity contribution in [2.45, 2.75) is 40.3 Å². The molecular weight excluding hydrogens is 232 g/mol. The molecule has 0 aliphatic rings. The number of aryl methyl sites for hydroxylation is 2. The van der Waals surface area contributed by atoms with E-state index in [2.05, 4.69) is 75.0 Å². The van der Waals surface area contributed by atoms with Crippen LogP contribution in [0.2, 0.25) is 0 Å². The van der Waals surface area contributed by atoms with Crippen molar-refractivity contribution in [3.8, 4) is 0 Å². The molecule has 0 unspecified atom stereocenters. The summed E-state index contributed by atoms with van der Waals surface area (Å²) in [5.41, 5.74) is 6.71. The zero-order valence-electron chi connectivity index (χ0n) is 12.6. The number of hydrogen-bond acceptors (Lipinski definition) is 1. The van der Waals surface area contributed by atoms with Crippen molar-refractivity contribution < 1.29 is 0 Å². The summed E-state index contributed by atoms with van der Waals surface area (Å²) < 4.78 is 2.24. The highest BCUT2D eigenvalue weighted by Gasteiger charge is 2.08. The van der Waals surface area contributed by atoms with E-state index in [1.165, 1.54) is 28.1 Å². The van der Waals surface area contributed by atoms with E-state index in [1.807, 2.05) is 0 Å². The highest BCUT2D eigenvalue weighted by molar-refractivity contribution is 5.27. The van der Waals surface area contributed by atoms with Crippen molar-refractivity contribution in [2.75, 3.05) is 0 Å². The Kier molecular flexibility index (Phi) is 4.11. The Morgan fingerprint density at radius 2 is 1.74 bits per heavy atom. The van der Waals surface area contributed by atoms with Crippen LogP contribution in [0.1, 0.15) is 41.0 Å². The Morgan fingerprint density at radius 3 is 2.26 bits per heavy atom. The molecule has 1 aromatic heterocycles. The van der Waals surface area contributed by atoms with E-state index < -0.39 is 0 Å². The summed E-state index contributed by atoms with van der Waals surface area (Å²) in [4.78, 5) is 0. The fourth-order valence-electron chi connectivity index (χ4n) is 2.35. The lowest BCUT2D eigenvalue weighted by Gasteiger charge is -2.14. The van der Waals surface area contributed by atoms with Crippen molar-refractivity contribution in [3.63, 3.8) is 0 Å². The van der Waals surface area contributed by atoms with E-state index in [9.17, 15) is 0 Å². The first-order chi connectivity index (χ1) is 8.99. The van der Waals surface area contributed by atoms with Crippen molar-refractivity contribution in [2.24, 2.45) is 7.05 Å². The molecule has 2 rings (SSSR count). The van der Waals surface area contributed by atoms with Gasteiger partial charge in [-0.1, -0.05) is 29.8 Å². The van der Waals surface area contributed by atoms with Crippen LogP contribution in [0.5, 0.6) is 0 Å². The highest BCUT2D eigenvalue weighted by Crippen LogP contribution is 2.17. The van der Waals surface area contributed by atoms with Crippen LogP contribution in [0.4, 0.5) is 0 Å². The molecule has 0 aliphatic carbocycles. The predicted molar refractivity (Wildman–Crippen MR) is 81.3 cm³/mol. The monoisotopic (exact) mass is 256 g/mol. The van der Waals surface area contributed by atoms with Crippen molar-refractivity contribution in [1.82, 2.24) is 9.88 Å². The Balaban J connectivity index is 2.02. The number of aromatic nitrogens is 1. The molecule has 0 saturated heterocycles. The van der Waals surface area contributed by atoms with Crippen molar-refractivity contribution in [3.05, 3.63) is 58.4 Å². The molecular formula is C17H24N2. The zero-order valence-corrected chi connectivity index (χ0v) is 12.6. The van der Waals surface area contributed by atoms with Gasteiger partial charge in [-0.3, -0.25) is 0 Å². The van der Waals surface area contributed by atoms with Gasteiger partial charge in [0.25, 0.3) is 0 Å². The zero-order chi connectivity index (χ0) is 14.0. The minimum atomic E-state index is 0.375. The fraction of sp³-hybridized carbons (Fsp3) is 0.412. The summed E-state index contributed by atoms with van der Waals surface area (Å²) in [5.74, 6) is 0. The first kappa shape index (κ1) is 13.9. The highest BCUT2D eigenvalue weighted by atomic mass is 15.0. The van der Waals surface area contributed by atoms with E-state index in [0.29, 0.717) is 6.04 Å². The van der Waals surface area contributed by atoms with Crippen LogP contribution in [0.3, 0.4) is 0 Å². The predicted octanol–water partition coefficient (Wildman–Crippen LogP) is 3.80. The maximum absolute atomic E-state index is 3.60. The van der Waals surface area contributed by atoms with Crippen LogP contribution in [0, 0.1) is 20.8 Å². The molecule has 0 aliphatic heterocycles. The first-order valence-electron chi connectivity index (χ1n) is 6.90. The topological polar surface area (TPSA) is 17.0 Å². The molecule has 2 nitrogen and oxygen atoms in total. The summed E-state index contributed by atoms with van der Waals surface area (Å²) in [7, 11) is 2.12. The van der Waals surface area contributed by atoms with Crippen LogP contribution < -0.4 is 5.32 Å². The first-order valence-corrected chi connectivity index (χ1v) is 6.90. The number of rotatable bonds is 4. The van der Waals surface area contributed by atoms with Crippen LogP contribution in [0.15, 0.2) is 30.3 Å². The summed E-state index contributed by atoms with van der Waals surface area (Å²) in [6, 6.07) is 11.4. The standard InChI is InChI=1S/C17H24N2/c1-12-6-8-16(9-7-12)14(3)18-11-17-10-13(2)19(5)15(17)4/h6-10,14,18H,11H2,1-5H3/t14-/m1/s1. The summed E-state index contributed by atoms with van der Waals surface area (Å²) in [5, 5.41) is 3.60. The number of nitrogens with one attached hydrogen (secondary N) is 1. The van der Waals surface area contributed by atoms with Gasteiger partial charge in [-0.05, 0) is 44.9 Å². The van der Waals surface area contributed by atoms with Gasteiger partial charge in [-0.25, -0.2) is 0 Å². The third-order valence-electron chi connectivity index (χ3n) is 4.06. The van der Waals surface area contributed by atoms with Gasteiger partial charge in [-0.15, -0.1) is 0 Å². The van der Waals surface area contributed by atoms with Crippen LogP contribution in [-0.2, 0) is 13.6 Å². The second kappa shape index (κ2) is 5.62. The normalized spacial score (nSPS) is 12.7. The molecule has 2 aromatic rings. The second-order valence-electron chi connectivity index (χ2n) is 5.47. The number of benzene rings is 1. The lowest BCUT2D eigenvalue weighted by atomic mass is 10.1. The van der Waals surface area contributed by atoms with E-state index >= 15 is 0 Å². The summed E-state index contributed by atoms with van der Waals surface area (Å²) >= 11 is 0. The van der Waals surface area contributed by atoms with Crippen molar-refractivity contribution >= 4 is 0 Å². The molecule has 0 bridgehead atoms. The maximum Gasteiger partial charge on any atom is 0.0294 e. The molecule has 102 valence electrons. The third kappa shape index (κ3) is 3.07. The van der Waals surface area contributed by atoms with Gasteiger partial charge in [0, 0.05) is 31.0 Å². The molecule has 1 N–H and O–H groups in total. The summed E-state index contributed by atoms with van der Waals surface area (Å²) in [6.45, 7) is 9.59. The van der Waals surface area contributed by atoms with Gasteiger partial charge in [0.2, 0.25) is 0 Å². The van der Waals surface area contributed by atoms with E-state index in [0.717, 1.165) is 6.54 Å². The second-order valence-corrected chi connectivity index (χ2v) is 5.47. The number of hydrogen-bond donors (Lipinski definition) is 1. The van der Waals surface area contributed by atoms with E-state index in [-0.39, 0.29) is 0 Å². The van der Waals surface area contributed by atoms with E-state index in [1.54, 1.807) is 0 Å². The molecule has 0 spiro atoms. The lowest BCUT2D eigenvalue weighted by molar-refractivity contribution is 0.572. The van der Waals surface area contributed by atoms with Gasteiger partial charge in [-0.2, -0.15) is 0 Å². The average molecular weight is 256 g/mol. The van der Waals surface area contributed by atoms with Gasteiger partial charge < -0.3 is 9.88 Å². The molecule has 0 saturated carbocycles. The molecule has 1 atom stereocenters. The molecule has 0 radical (unpaired) electrons. The van der Waals surface area contributed by atoms with E-state index in [4.69, 9.17) is 0 Å². The minimum absolute atomic E-state index is 0.375. The Morgan fingerprint density at radius 1 is 1.11 bits per heavy atom. The van der Waals surface area contributed by atoms with Crippen LogP contribution >= 0.6 is 0 Å². The van der Waals surface area contributed by atoms with Crippen LogP contribution in [0.25, 0.3) is 0 Å². The lowest BCUT2D eigenvalue weighted by Crippen LogP contribution is -2.18. The fourth-order valence-corrected chi connectivity index (χ4v) is 2.35. The quantitative estimate of drug-likeness (QED) is 0.880. The molecule has 19 heavy (non-hydrogen) atoms. The smallest absolute Gasteiger partial charge is 0.0294 e. The molecule has 0 fully saturated rings. The molecule has 0 amide bonds. The van der Waals surface area contributed by atoms with Gasteiger partial charge in [0.15, 0.2) is 0 Å². The average Bonchev–Trinajstić information content (AvgIpc) is 2.64. The summed E-state index contributed by atoms with van der Waals surface area (Å²) in [6.07, 6.45) is 0. The Bertz CT molecular complexity index is 549. The number of nitrogens with zero attached hydrogens (tertiary/aromatic N) is 1. The SMILES string of the molecule is Cc1ccc([C@@H](C)NCc2cc(C)n(C)c2C)cc1. The largest absolute Gasteiger partial charge is 0.352 e. The van der Waals surface area contributed by atoms with Crippen LogP contribution in [-0.4, -0.2) is 4.57 Å². The maximum atomic E-state index is 3.60. The minimum Gasteiger partial charge on any atom is -0.352 e.